The standard InChI is InChI=1S/C19H20N2O3S2/c1-3-13-5-4-6-14(9-13)20-26(23,24)17-8-7-16-19-15(17)10-18(22)21(19)11-12(2)25-16/h4-9,12,20H,3,10-11H2,1-2H3. The van der Waals surface area contributed by atoms with Crippen LogP contribution in [0, 0.1) is 0 Å². The molecule has 2 aromatic carbocycles. The van der Waals surface area contributed by atoms with E-state index in [0.717, 1.165) is 22.6 Å². The fourth-order valence-corrected chi connectivity index (χ4v) is 5.99. The van der Waals surface area contributed by atoms with Crippen molar-refractivity contribution in [2.75, 3.05) is 16.2 Å². The Bertz CT molecular complexity index is 1000. The van der Waals surface area contributed by atoms with Crippen molar-refractivity contribution in [3.63, 3.8) is 0 Å². The molecule has 0 bridgehead atoms. The van der Waals surface area contributed by atoms with Gasteiger partial charge in [0.05, 0.1) is 17.0 Å². The fraction of sp³-hybridized carbons (Fsp3) is 0.316. The number of thioether (sulfide) groups is 1. The van der Waals surface area contributed by atoms with E-state index in [-0.39, 0.29) is 17.2 Å². The van der Waals surface area contributed by atoms with Crippen molar-refractivity contribution in [2.24, 2.45) is 0 Å². The molecule has 1 atom stereocenters. The third-order valence-electron chi connectivity index (χ3n) is 4.75. The van der Waals surface area contributed by atoms with Crippen LogP contribution >= 0.6 is 11.8 Å². The predicted molar refractivity (Wildman–Crippen MR) is 104 cm³/mol. The van der Waals surface area contributed by atoms with Crippen LogP contribution in [0.2, 0.25) is 0 Å². The number of anilines is 2. The van der Waals surface area contributed by atoms with Gasteiger partial charge < -0.3 is 4.90 Å². The highest BCUT2D eigenvalue weighted by Gasteiger charge is 2.38. The summed E-state index contributed by atoms with van der Waals surface area (Å²) < 4.78 is 28.7. The van der Waals surface area contributed by atoms with Crippen LogP contribution in [-0.2, 0) is 27.7 Å². The second kappa shape index (κ2) is 6.32. The van der Waals surface area contributed by atoms with Crippen molar-refractivity contribution in [3.05, 3.63) is 47.5 Å². The molecule has 0 saturated heterocycles. The van der Waals surface area contributed by atoms with Crippen molar-refractivity contribution in [1.82, 2.24) is 0 Å². The molecule has 0 fully saturated rings. The first-order valence-corrected chi connectivity index (χ1v) is 11.0. The minimum atomic E-state index is -3.76. The largest absolute Gasteiger partial charge is 0.310 e. The van der Waals surface area contributed by atoms with Crippen LogP contribution in [-0.4, -0.2) is 26.1 Å². The molecule has 26 heavy (non-hydrogen) atoms. The third-order valence-corrected chi connectivity index (χ3v) is 7.35. The zero-order valence-electron chi connectivity index (χ0n) is 14.7. The van der Waals surface area contributed by atoms with Crippen LogP contribution in [0.25, 0.3) is 0 Å². The Labute approximate surface area is 157 Å². The van der Waals surface area contributed by atoms with Crippen molar-refractivity contribution < 1.29 is 13.2 Å². The maximum atomic E-state index is 13.0. The van der Waals surface area contributed by atoms with Gasteiger partial charge in [0.1, 0.15) is 0 Å². The monoisotopic (exact) mass is 388 g/mol. The topological polar surface area (TPSA) is 66.5 Å². The van der Waals surface area contributed by atoms with E-state index >= 15 is 0 Å². The summed E-state index contributed by atoms with van der Waals surface area (Å²) in [4.78, 5) is 15.3. The highest BCUT2D eigenvalue weighted by atomic mass is 32.2. The highest BCUT2D eigenvalue weighted by Crippen LogP contribution is 2.46. The lowest BCUT2D eigenvalue weighted by atomic mass is 10.1. The SMILES string of the molecule is CCc1cccc(NS(=O)(=O)c2ccc3c4c2CC(=O)N4CC(C)S3)c1. The Hall–Kier alpha value is -1.99. The molecule has 4 rings (SSSR count). The van der Waals surface area contributed by atoms with Crippen molar-refractivity contribution in [2.45, 2.75) is 41.7 Å². The Kier molecular flexibility index (Phi) is 4.23. The van der Waals surface area contributed by atoms with Gasteiger partial charge in [-0.1, -0.05) is 26.0 Å². The van der Waals surface area contributed by atoms with Gasteiger partial charge in [0.15, 0.2) is 0 Å². The van der Waals surface area contributed by atoms with E-state index in [4.69, 9.17) is 0 Å². The molecule has 2 aliphatic heterocycles. The lowest BCUT2D eigenvalue weighted by molar-refractivity contribution is -0.117. The van der Waals surface area contributed by atoms with Gasteiger partial charge in [0.2, 0.25) is 5.91 Å². The molecular weight excluding hydrogens is 368 g/mol. The summed E-state index contributed by atoms with van der Waals surface area (Å²) in [6.07, 6.45) is 0.972. The quantitative estimate of drug-likeness (QED) is 0.871. The van der Waals surface area contributed by atoms with Gasteiger partial charge in [-0.25, -0.2) is 8.42 Å². The highest BCUT2D eigenvalue weighted by molar-refractivity contribution is 8.00. The lowest BCUT2D eigenvalue weighted by Gasteiger charge is -2.29. The summed E-state index contributed by atoms with van der Waals surface area (Å²) in [5, 5.41) is 0.301. The van der Waals surface area contributed by atoms with Gasteiger partial charge in [-0.15, -0.1) is 11.8 Å². The van der Waals surface area contributed by atoms with Gasteiger partial charge in [-0.05, 0) is 36.2 Å². The first-order chi connectivity index (χ1) is 12.4. The van der Waals surface area contributed by atoms with Gasteiger partial charge >= 0.3 is 0 Å². The minimum Gasteiger partial charge on any atom is -0.310 e. The molecule has 2 aliphatic rings. The maximum Gasteiger partial charge on any atom is 0.262 e. The molecule has 2 heterocycles. The van der Waals surface area contributed by atoms with Gasteiger partial charge in [-0.2, -0.15) is 0 Å². The van der Waals surface area contributed by atoms with Gasteiger partial charge in [0.25, 0.3) is 10.0 Å². The number of hydrogen-bond donors (Lipinski definition) is 1. The molecule has 0 aliphatic carbocycles. The number of benzene rings is 2. The first kappa shape index (κ1) is 17.4. The van der Waals surface area contributed by atoms with E-state index in [1.807, 2.05) is 31.2 Å². The third kappa shape index (κ3) is 2.89. The number of carbonyl (C=O) groups excluding carboxylic acids is 1. The number of carbonyl (C=O) groups is 1. The van der Waals surface area contributed by atoms with E-state index in [1.54, 1.807) is 28.8 Å². The van der Waals surface area contributed by atoms with E-state index in [1.165, 1.54) is 0 Å². The molecule has 1 amide bonds. The lowest BCUT2D eigenvalue weighted by Crippen LogP contribution is -2.35. The van der Waals surface area contributed by atoms with Gasteiger partial charge in [0, 0.05) is 27.9 Å². The van der Waals surface area contributed by atoms with E-state index in [0.29, 0.717) is 23.0 Å². The average molecular weight is 389 g/mol. The molecule has 0 saturated carbocycles. The average Bonchev–Trinajstić information content (AvgIpc) is 2.92. The first-order valence-electron chi connectivity index (χ1n) is 8.63. The molecule has 136 valence electrons. The summed E-state index contributed by atoms with van der Waals surface area (Å²) in [7, 11) is -3.76. The van der Waals surface area contributed by atoms with Crippen molar-refractivity contribution in [1.29, 1.82) is 0 Å². The maximum absolute atomic E-state index is 13.0. The molecule has 2 aromatic rings. The zero-order valence-corrected chi connectivity index (χ0v) is 16.3. The minimum absolute atomic E-state index is 0.0240. The van der Waals surface area contributed by atoms with Crippen molar-refractivity contribution >= 4 is 39.1 Å². The normalized spacial score (nSPS) is 18.8. The molecular formula is C19H20N2O3S2. The van der Waals surface area contributed by atoms with E-state index < -0.39 is 10.0 Å². The number of rotatable bonds is 4. The van der Waals surface area contributed by atoms with Crippen LogP contribution in [0.3, 0.4) is 0 Å². The zero-order chi connectivity index (χ0) is 18.5. The molecule has 1 N–H and O–H groups in total. The van der Waals surface area contributed by atoms with Crippen LogP contribution in [0.1, 0.15) is 25.0 Å². The number of hydrogen-bond acceptors (Lipinski definition) is 4. The number of aryl methyl sites for hydroxylation is 1. The molecule has 0 radical (unpaired) electrons. The van der Waals surface area contributed by atoms with Crippen LogP contribution < -0.4 is 9.62 Å². The summed E-state index contributed by atoms with van der Waals surface area (Å²) in [6, 6.07) is 10.8. The second-order valence-corrected chi connectivity index (χ2v) is 9.79. The number of amides is 1. The van der Waals surface area contributed by atoms with E-state index in [2.05, 4.69) is 11.6 Å². The van der Waals surface area contributed by atoms with Gasteiger partial charge in [-0.3, -0.25) is 9.52 Å². The number of nitrogens with one attached hydrogen (secondary N) is 1. The number of sulfonamides is 1. The van der Waals surface area contributed by atoms with E-state index in [9.17, 15) is 13.2 Å². The molecule has 1 unspecified atom stereocenters. The van der Waals surface area contributed by atoms with Crippen LogP contribution in [0.4, 0.5) is 11.4 Å². The molecule has 7 heteroatoms. The molecule has 0 spiro atoms. The summed E-state index contributed by atoms with van der Waals surface area (Å²) >= 11 is 1.69. The second-order valence-electron chi connectivity index (χ2n) is 6.66. The Balaban J connectivity index is 1.76. The van der Waals surface area contributed by atoms with Crippen LogP contribution in [0.15, 0.2) is 46.2 Å². The summed E-state index contributed by atoms with van der Waals surface area (Å²) in [5.74, 6) is -0.0240. The fourth-order valence-electron chi connectivity index (χ4n) is 3.55. The number of nitrogens with zero attached hydrogens (tertiary/aromatic N) is 1. The summed E-state index contributed by atoms with van der Waals surface area (Å²) in [5.41, 5.74) is 3.00. The summed E-state index contributed by atoms with van der Waals surface area (Å²) in [6.45, 7) is 4.72. The molecule has 0 aromatic heterocycles. The Morgan fingerprint density at radius 2 is 2.08 bits per heavy atom. The van der Waals surface area contributed by atoms with Crippen LogP contribution in [0.5, 0.6) is 0 Å². The van der Waals surface area contributed by atoms with Crippen molar-refractivity contribution in [3.8, 4) is 0 Å². The predicted octanol–water partition coefficient (Wildman–Crippen LogP) is 3.43. The smallest absolute Gasteiger partial charge is 0.262 e. The Morgan fingerprint density at radius 1 is 1.27 bits per heavy atom. The Morgan fingerprint density at radius 3 is 2.85 bits per heavy atom. The molecule has 5 nitrogen and oxygen atoms in total.